The van der Waals surface area contributed by atoms with Gasteiger partial charge in [-0.25, -0.2) is 13.4 Å². The molecule has 1 N–H and O–H groups in total. The van der Waals surface area contributed by atoms with Gasteiger partial charge in [0.2, 0.25) is 5.91 Å². The van der Waals surface area contributed by atoms with Gasteiger partial charge in [-0.05, 0) is 18.6 Å². The SMILES string of the molecule is O=C(Cn1cnc2c(Cl)cc(Cl)cc2c1=O)NC1CCS(=O)(=O)C1. The third kappa shape index (κ3) is 3.55. The molecule has 1 atom stereocenters. The molecule has 0 saturated carbocycles. The molecular formula is C14H13Cl2N3O4S. The molecule has 0 bridgehead atoms. The first-order chi connectivity index (χ1) is 11.2. The molecule has 0 radical (unpaired) electrons. The van der Waals surface area contributed by atoms with Crippen LogP contribution in [0.15, 0.2) is 23.3 Å². The van der Waals surface area contributed by atoms with Gasteiger partial charge in [0.25, 0.3) is 5.56 Å². The number of amides is 1. The smallest absolute Gasteiger partial charge is 0.261 e. The summed E-state index contributed by atoms with van der Waals surface area (Å²) >= 11 is 11.9. The fraction of sp³-hybridized carbons (Fsp3) is 0.357. The van der Waals surface area contributed by atoms with Crippen LogP contribution in [0.1, 0.15) is 6.42 Å². The summed E-state index contributed by atoms with van der Waals surface area (Å²) in [5, 5.41) is 3.39. The van der Waals surface area contributed by atoms with E-state index in [-0.39, 0.29) is 28.5 Å². The van der Waals surface area contributed by atoms with E-state index in [1.54, 1.807) is 0 Å². The van der Waals surface area contributed by atoms with E-state index in [9.17, 15) is 18.0 Å². The lowest BCUT2D eigenvalue weighted by Gasteiger charge is -2.12. The minimum absolute atomic E-state index is 0.0619. The zero-order valence-electron chi connectivity index (χ0n) is 12.3. The van der Waals surface area contributed by atoms with Crippen LogP contribution >= 0.6 is 23.2 Å². The number of halogens is 2. The summed E-state index contributed by atoms with van der Waals surface area (Å²) < 4.78 is 23.9. The highest BCUT2D eigenvalue weighted by atomic mass is 35.5. The molecule has 128 valence electrons. The number of benzene rings is 1. The summed E-state index contributed by atoms with van der Waals surface area (Å²) in [5.74, 6) is -0.463. The summed E-state index contributed by atoms with van der Waals surface area (Å²) in [6, 6.07) is 2.50. The number of nitrogens with zero attached hydrogens (tertiary/aromatic N) is 2. The summed E-state index contributed by atoms with van der Waals surface area (Å²) in [6.07, 6.45) is 1.61. The van der Waals surface area contributed by atoms with E-state index in [0.717, 1.165) is 4.57 Å². The van der Waals surface area contributed by atoms with Crippen LogP contribution in [0.2, 0.25) is 10.0 Å². The van der Waals surface area contributed by atoms with Gasteiger partial charge in [0.05, 0.1) is 33.8 Å². The Bertz CT molecular complexity index is 987. The molecule has 0 spiro atoms. The van der Waals surface area contributed by atoms with Gasteiger partial charge in [-0.15, -0.1) is 0 Å². The number of carbonyl (C=O) groups is 1. The molecule has 10 heteroatoms. The van der Waals surface area contributed by atoms with Gasteiger partial charge in [0.15, 0.2) is 9.84 Å². The molecule has 1 aromatic heterocycles. The minimum atomic E-state index is -3.09. The van der Waals surface area contributed by atoms with Crippen LogP contribution in [0, 0.1) is 0 Å². The van der Waals surface area contributed by atoms with E-state index in [0.29, 0.717) is 17.0 Å². The Kier molecular flexibility index (Phi) is 4.54. The molecule has 1 saturated heterocycles. The largest absolute Gasteiger partial charge is 0.351 e. The average Bonchev–Trinajstić information content (AvgIpc) is 2.81. The number of hydrogen-bond acceptors (Lipinski definition) is 5. The second-order valence-corrected chi connectivity index (χ2v) is 8.70. The van der Waals surface area contributed by atoms with Gasteiger partial charge >= 0.3 is 0 Å². The predicted octanol–water partition coefficient (Wildman–Crippen LogP) is 1.01. The van der Waals surface area contributed by atoms with Gasteiger partial charge in [0, 0.05) is 11.1 Å². The first kappa shape index (κ1) is 17.2. The number of aromatic nitrogens is 2. The van der Waals surface area contributed by atoms with Crippen LogP contribution in [0.5, 0.6) is 0 Å². The van der Waals surface area contributed by atoms with E-state index in [2.05, 4.69) is 10.3 Å². The van der Waals surface area contributed by atoms with Crippen molar-refractivity contribution in [1.82, 2.24) is 14.9 Å². The molecule has 24 heavy (non-hydrogen) atoms. The summed E-state index contributed by atoms with van der Waals surface area (Å²) in [6.45, 7) is -0.261. The highest BCUT2D eigenvalue weighted by molar-refractivity contribution is 7.91. The maximum Gasteiger partial charge on any atom is 0.261 e. The second kappa shape index (κ2) is 6.34. The highest BCUT2D eigenvalue weighted by Gasteiger charge is 2.28. The summed E-state index contributed by atoms with van der Waals surface area (Å²) in [5.41, 5.74) is -0.136. The normalized spacial score (nSPS) is 19.5. The van der Waals surface area contributed by atoms with Crippen molar-refractivity contribution in [3.05, 3.63) is 38.9 Å². The lowest BCUT2D eigenvalue weighted by molar-refractivity contribution is -0.122. The second-order valence-electron chi connectivity index (χ2n) is 5.63. The molecule has 7 nitrogen and oxygen atoms in total. The monoisotopic (exact) mass is 389 g/mol. The van der Waals surface area contributed by atoms with E-state index in [1.807, 2.05) is 0 Å². The van der Waals surface area contributed by atoms with Crippen LogP contribution in [0.25, 0.3) is 10.9 Å². The van der Waals surface area contributed by atoms with E-state index in [1.165, 1.54) is 18.5 Å². The minimum Gasteiger partial charge on any atom is -0.351 e. The number of sulfone groups is 1. The van der Waals surface area contributed by atoms with E-state index < -0.39 is 27.3 Å². The Balaban J connectivity index is 1.82. The van der Waals surface area contributed by atoms with Crippen molar-refractivity contribution < 1.29 is 13.2 Å². The van der Waals surface area contributed by atoms with E-state index in [4.69, 9.17) is 23.2 Å². The average molecular weight is 390 g/mol. The Morgan fingerprint density at radius 2 is 2.12 bits per heavy atom. The van der Waals surface area contributed by atoms with Crippen molar-refractivity contribution >= 4 is 49.8 Å². The molecule has 1 amide bonds. The summed E-state index contributed by atoms with van der Waals surface area (Å²) in [7, 11) is -3.09. The molecule has 1 aliphatic rings. The van der Waals surface area contributed by atoms with Crippen molar-refractivity contribution in [1.29, 1.82) is 0 Å². The number of fused-ring (bicyclic) bond motifs is 1. The van der Waals surface area contributed by atoms with Crippen molar-refractivity contribution in [2.45, 2.75) is 19.0 Å². The van der Waals surface area contributed by atoms with Crippen LogP contribution in [-0.2, 0) is 21.2 Å². The molecular weight excluding hydrogens is 377 g/mol. The fourth-order valence-electron chi connectivity index (χ4n) is 2.64. The zero-order chi connectivity index (χ0) is 17.5. The van der Waals surface area contributed by atoms with Crippen molar-refractivity contribution in [3.8, 4) is 0 Å². The number of hydrogen-bond donors (Lipinski definition) is 1. The maximum atomic E-state index is 12.4. The van der Waals surface area contributed by atoms with Crippen LogP contribution < -0.4 is 10.9 Å². The predicted molar refractivity (Wildman–Crippen MR) is 91.2 cm³/mol. The lowest BCUT2D eigenvalue weighted by Crippen LogP contribution is -2.39. The molecule has 1 aliphatic heterocycles. The maximum absolute atomic E-state index is 12.4. The van der Waals surface area contributed by atoms with Crippen molar-refractivity contribution in [2.24, 2.45) is 0 Å². The Morgan fingerprint density at radius 1 is 1.38 bits per heavy atom. The third-order valence-electron chi connectivity index (χ3n) is 3.76. The van der Waals surface area contributed by atoms with Crippen molar-refractivity contribution in [3.63, 3.8) is 0 Å². The molecule has 1 unspecified atom stereocenters. The van der Waals surface area contributed by atoms with Crippen molar-refractivity contribution in [2.75, 3.05) is 11.5 Å². The standard InChI is InChI=1S/C14H13Cl2N3O4S/c15-8-3-10-13(11(16)4-8)17-7-19(14(10)21)5-12(20)18-9-1-2-24(22,23)6-9/h3-4,7,9H,1-2,5-6H2,(H,18,20). The van der Waals surface area contributed by atoms with Gasteiger partial charge in [0.1, 0.15) is 6.54 Å². The first-order valence-corrected chi connectivity index (χ1v) is 9.67. The zero-order valence-corrected chi connectivity index (χ0v) is 14.7. The number of carbonyl (C=O) groups excluding carboxylic acids is 1. The Labute approximate surface area is 147 Å². The molecule has 2 aromatic rings. The van der Waals surface area contributed by atoms with Gasteiger partial charge in [-0.3, -0.25) is 14.2 Å². The van der Waals surface area contributed by atoms with Gasteiger partial charge in [-0.2, -0.15) is 0 Å². The molecule has 1 aromatic carbocycles. The third-order valence-corrected chi connectivity index (χ3v) is 6.03. The Morgan fingerprint density at radius 3 is 2.79 bits per heavy atom. The molecule has 0 aliphatic carbocycles. The molecule has 1 fully saturated rings. The van der Waals surface area contributed by atoms with Gasteiger partial charge < -0.3 is 5.32 Å². The van der Waals surface area contributed by atoms with E-state index >= 15 is 0 Å². The fourth-order valence-corrected chi connectivity index (χ4v) is 4.86. The van der Waals surface area contributed by atoms with Gasteiger partial charge in [-0.1, -0.05) is 23.2 Å². The molecule has 3 rings (SSSR count). The van der Waals surface area contributed by atoms with Crippen LogP contribution in [0.3, 0.4) is 0 Å². The van der Waals surface area contributed by atoms with Crippen LogP contribution in [0.4, 0.5) is 0 Å². The first-order valence-electron chi connectivity index (χ1n) is 7.09. The highest BCUT2D eigenvalue weighted by Crippen LogP contribution is 2.23. The van der Waals surface area contributed by atoms with Crippen LogP contribution in [-0.4, -0.2) is 41.4 Å². The summed E-state index contributed by atoms with van der Waals surface area (Å²) in [4.78, 5) is 28.6. The quantitative estimate of drug-likeness (QED) is 0.844. The lowest BCUT2D eigenvalue weighted by atomic mass is 10.2. The number of nitrogens with one attached hydrogen (secondary N) is 1. The Hall–Kier alpha value is -1.64. The number of rotatable bonds is 3. The topological polar surface area (TPSA) is 98.1 Å². The molecule has 2 heterocycles.